The number of carbonyl (C=O) groups is 1. The van der Waals surface area contributed by atoms with Crippen LogP contribution in [0.5, 0.6) is 17.2 Å². The zero-order chi connectivity index (χ0) is 24.9. The van der Waals surface area contributed by atoms with Crippen LogP contribution < -0.4 is 14.2 Å². The van der Waals surface area contributed by atoms with Gasteiger partial charge in [0.1, 0.15) is 35.2 Å². The topological polar surface area (TPSA) is 61.1 Å². The Morgan fingerprint density at radius 2 is 1.50 bits per heavy atom. The number of furan rings is 1. The summed E-state index contributed by atoms with van der Waals surface area (Å²) in [6.45, 7) is 3.87. The molecule has 0 amide bonds. The molecule has 2 heterocycles. The van der Waals surface area contributed by atoms with Crippen LogP contribution in [0.4, 0.5) is 0 Å². The third-order valence-corrected chi connectivity index (χ3v) is 6.72. The van der Waals surface area contributed by atoms with Gasteiger partial charge in [0.15, 0.2) is 5.78 Å². The maximum Gasteiger partial charge on any atom is 0.197 e. The number of benzene rings is 3. The summed E-state index contributed by atoms with van der Waals surface area (Å²) in [5, 5.41) is 0.744. The Morgan fingerprint density at radius 3 is 2.19 bits per heavy atom. The van der Waals surface area contributed by atoms with Gasteiger partial charge >= 0.3 is 0 Å². The molecule has 0 bridgehead atoms. The molecule has 0 N–H and O–H groups in total. The van der Waals surface area contributed by atoms with Gasteiger partial charge in [0, 0.05) is 29.1 Å². The Kier molecular flexibility index (Phi) is 7.23. The molecule has 6 heteroatoms. The smallest absolute Gasteiger partial charge is 0.197 e. The molecule has 1 saturated heterocycles. The second kappa shape index (κ2) is 10.9. The van der Waals surface area contributed by atoms with Crippen molar-refractivity contribution in [2.24, 2.45) is 0 Å². The van der Waals surface area contributed by atoms with Crippen molar-refractivity contribution >= 4 is 16.8 Å². The van der Waals surface area contributed by atoms with E-state index in [2.05, 4.69) is 4.90 Å². The van der Waals surface area contributed by atoms with E-state index in [1.165, 1.54) is 19.3 Å². The lowest BCUT2D eigenvalue weighted by atomic mass is 9.97. The summed E-state index contributed by atoms with van der Waals surface area (Å²) in [7, 11) is 3.23. The van der Waals surface area contributed by atoms with Gasteiger partial charge in [0.25, 0.3) is 0 Å². The van der Waals surface area contributed by atoms with Gasteiger partial charge in [-0.1, -0.05) is 6.42 Å². The van der Waals surface area contributed by atoms with Crippen LogP contribution in [0.2, 0.25) is 0 Å². The van der Waals surface area contributed by atoms with Crippen molar-refractivity contribution in [3.63, 3.8) is 0 Å². The highest BCUT2D eigenvalue weighted by atomic mass is 16.5. The number of hydrogen-bond acceptors (Lipinski definition) is 6. The van der Waals surface area contributed by atoms with E-state index < -0.39 is 0 Å². The molecular weight excluding hydrogens is 454 g/mol. The summed E-state index contributed by atoms with van der Waals surface area (Å²) in [5.74, 6) is 2.58. The number of fused-ring (bicyclic) bond motifs is 1. The first kappa shape index (κ1) is 23.9. The van der Waals surface area contributed by atoms with Gasteiger partial charge in [0.2, 0.25) is 0 Å². The molecule has 0 atom stereocenters. The Balaban J connectivity index is 1.40. The minimum absolute atomic E-state index is 0.107. The van der Waals surface area contributed by atoms with Gasteiger partial charge < -0.3 is 18.6 Å². The van der Waals surface area contributed by atoms with Crippen LogP contribution in [0.3, 0.4) is 0 Å². The molecule has 6 nitrogen and oxygen atoms in total. The number of ether oxygens (including phenoxy) is 3. The van der Waals surface area contributed by atoms with Gasteiger partial charge in [-0.15, -0.1) is 0 Å². The van der Waals surface area contributed by atoms with Crippen LogP contribution in [0.25, 0.3) is 22.3 Å². The third kappa shape index (κ3) is 5.09. The average molecular weight is 486 g/mol. The lowest BCUT2D eigenvalue weighted by molar-refractivity contribution is 0.104. The van der Waals surface area contributed by atoms with Crippen molar-refractivity contribution in [3.05, 3.63) is 77.9 Å². The summed E-state index contributed by atoms with van der Waals surface area (Å²) < 4.78 is 22.8. The van der Waals surface area contributed by atoms with E-state index >= 15 is 0 Å². The molecular formula is C30H31NO5. The zero-order valence-corrected chi connectivity index (χ0v) is 20.8. The summed E-state index contributed by atoms with van der Waals surface area (Å²) in [6, 6.07) is 20.4. The first-order chi connectivity index (χ1) is 17.7. The molecule has 1 aliphatic rings. The van der Waals surface area contributed by atoms with Gasteiger partial charge in [-0.05, 0) is 86.6 Å². The molecule has 0 aliphatic carbocycles. The Hall–Kier alpha value is -3.77. The van der Waals surface area contributed by atoms with E-state index in [0.29, 0.717) is 34.8 Å². The van der Waals surface area contributed by atoms with Crippen molar-refractivity contribution < 1.29 is 23.4 Å². The maximum absolute atomic E-state index is 13.8. The molecule has 186 valence electrons. The lowest BCUT2D eigenvalue weighted by Gasteiger charge is -2.26. The van der Waals surface area contributed by atoms with Crippen molar-refractivity contribution in [3.8, 4) is 28.6 Å². The number of methoxy groups -OCH3 is 2. The molecule has 0 spiro atoms. The molecule has 4 aromatic rings. The van der Waals surface area contributed by atoms with Crippen molar-refractivity contribution in [1.29, 1.82) is 0 Å². The van der Waals surface area contributed by atoms with E-state index in [-0.39, 0.29) is 5.78 Å². The van der Waals surface area contributed by atoms with Crippen LogP contribution in [0.15, 0.2) is 71.1 Å². The lowest BCUT2D eigenvalue weighted by Crippen LogP contribution is -2.33. The summed E-state index contributed by atoms with van der Waals surface area (Å²) in [4.78, 5) is 16.2. The van der Waals surface area contributed by atoms with E-state index in [9.17, 15) is 4.79 Å². The third-order valence-electron chi connectivity index (χ3n) is 6.72. The Morgan fingerprint density at radius 1 is 0.833 bits per heavy atom. The molecule has 5 rings (SSSR count). The Labute approximate surface area is 211 Å². The van der Waals surface area contributed by atoms with Crippen LogP contribution in [0, 0.1) is 0 Å². The van der Waals surface area contributed by atoms with Crippen molar-refractivity contribution in [2.45, 2.75) is 19.3 Å². The van der Waals surface area contributed by atoms with Crippen LogP contribution in [-0.4, -0.2) is 51.1 Å². The first-order valence-corrected chi connectivity index (χ1v) is 12.4. The largest absolute Gasteiger partial charge is 0.497 e. The Bertz CT molecular complexity index is 1320. The number of likely N-dealkylation sites (tertiary alicyclic amines) is 1. The molecule has 36 heavy (non-hydrogen) atoms. The minimum atomic E-state index is -0.107. The number of nitrogens with zero attached hydrogens (tertiary/aromatic N) is 1. The highest BCUT2D eigenvalue weighted by molar-refractivity contribution is 6.19. The fourth-order valence-electron chi connectivity index (χ4n) is 4.70. The number of rotatable bonds is 9. The molecule has 0 saturated carbocycles. The van der Waals surface area contributed by atoms with Gasteiger partial charge in [0.05, 0.1) is 19.8 Å². The number of piperidine rings is 1. The van der Waals surface area contributed by atoms with Gasteiger partial charge in [-0.25, -0.2) is 0 Å². The second-order valence-electron chi connectivity index (χ2n) is 9.00. The van der Waals surface area contributed by atoms with E-state index in [1.807, 2.05) is 60.7 Å². The normalized spacial score (nSPS) is 14.1. The standard InChI is InChI=1S/C30H31NO5/c1-33-23-10-8-22(9-11-23)30-28(26-15-14-25(34-2)20-27(26)36-30)29(32)21-6-12-24(13-7-21)35-19-18-31-16-4-3-5-17-31/h6-15,20H,3-5,16-19H2,1-2H3. The molecule has 1 aromatic heterocycles. The molecule has 3 aromatic carbocycles. The maximum atomic E-state index is 13.8. The van der Waals surface area contributed by atoms with E-state index in [4.69, 9.17) is 18.6 Å². The fraction of sp³-hybridized carbons (Fsp3) is 0.300. The zero-order valence-electron chi connectivity index (χ0n) is 20.8. The highest BCUT2D eigenvalue weighted by Crippen LogP contribution is 2.37. The van der Waals surface area contributed by atoms with Crippen LogP contribution in [0.1, 0.15) is 35.2 Å². The predicted octanol–water partition coefficient (Wildman–Crippen LogP) is 6.21. The predicted molar refractivity (Wildman–Crippen MR) is 140 cm³/mol. The van der Waals surface area contributed by atoms with E-state index in [0.717, 1.165) is 42.1 Å². The second-order valence-corrected chi connectivity index (χ2v) is 9.00. The highest BCUT2D eigenvalue weighted by Gasteiger charge is 2.24. The summed E-state index contributed by atoms with van der Waals surface area (Å²) in [5.41, 5.74) is 2.50. The summed E-state index contributed by atoms with van der Waals surface area (Å²) >= 11 is 0. The fourth-order valence-corrected chi connectivity index (χ4v) is 4.70. The molecule has 0 unspecified atom stereocenters. The first-order valence-electron chi connectivity index (χ1n) is 12.4. The van der Waals surface area contributed by atoms with Crippen LogP contribution >= 0.6 is 0 Å². The molecule has 1 fully saturated rings. The van der Waals surface area contributed by atoms with Crippen molar-refractivity contribution in [1.82, 2.24) is 4.90 Å². The SMILES string of the molecule is COc1ccc(-c2oc3cc(OC)ccc3c2C(=O)c2ccc(OCCN3CCCCC3)cc2)cc1. The molecule has 1 aliphatic heterocycles. The minimum Gasteiger partial charge on any atom is -0.497 e. The van der Waals surface area contributed by atoms with Crippen LogP contribution in [-0.2, 0) is 0 Å². The number of hydrogen-bond donors (Lipinski definition) is 0. The van der Waals surface area contributed by atoms with Crippen molar-refractivity contribution in [2.75, 3.05) is 40.5 Å². The van der Waals surface area contributed by atoms with E-state index in [1.54, 1.807) is 20.3 Å². The monoisotopic (exact) mass is 485 g/mol. The number of ketones is 1. The molecule has 0 radical (unpaired) electrons. The quantitative estimate of drug-likeness (QED) is 0.263. The number of carbonyl (C=O) groups excluding carboxylic acids is 1. The van der Waals surface area contributed by atoms with Gasteiger partial charge in [-0.3, -0.25) is 9.69 Å². The summed E-state index contributed by atoms with van der Waals surface area (Å²) in [6.07, 6.45) is 3.86. The average Bonchev–Trinajstić information content (AvgIpc) is 3.32. The van der Waals surface area contributed by atoms with Gasteiger partial charge in [-0.2, -0.15) is 0 Å².